The van der Waals surface area contributed by atoms with Crippen LogP contribution in [0.2, 0.25) is 0 Å². The summed E-state index contributed by atoms with van der Waals surface area (Å²) in [7, 11) is 0. The number of aromatic nitrogens is 1. The van der Waals surface area contributed by atoms with Gasteiger partial charge in [0.15, 0.2) is 0 Å². The Morgan fingerprint density at radius 2 is 2.19 bits per heavy atom. The lowest BCUT2D eigenvalue weighted by Gasteiger charge is -2.31. The molecule has 2 aromatic heterocycles. The summed E-state index contributed by atoms with van der Waals surface area (Å²) in [6, 6.07) is 3.85. The normalized spacial score (nSPS) is 19.4. The first-order valence-corrected chi connectivity index (χ1v) is 10.4. The number of carbonyl (C=O) groups is 2. The topological polar surface area (TPSA) is 87.5 Å². The Morgan fingerprint density at radius 3 is 3.04 bits per heavy atom. The van der Waals surface area contributed by atoms with Crippen LogP contribution in [-0.4, -0.2) is 35.1 Å². The summed E-state index contributed by atoms with van der Waals surface area (Å²) in [6.07, 6.45) is 5.62. The van der Waals surface area contributed by atoms with Crippen molar-refractivity contribution in [2.75, 3.05) is 18.4 Å². The maximum absolute atomic E-state index is 12.7. The van der Waals surface area contributed by atoms with E-state index in [0.29, 0.717) is 25.5 Å². The molecule has 7 nitrogen and oxygen atoms in total. The van der Waals surface area contributed by atoms with Gasteiger partial charge in [0, 0.05) is 23.5 Å². The minimum absolute atomic E-state index is 0.0877. The van der Waals surface area contributed by atoms with Crippen molar-refractivity contribution in [1.29, 1.82) is 0 Å². The molecule has 0 radical (unpaired) electrons. The first-order valence-electron chi connectivity index (χ1n) is 9.54. The summed E-state index contributed by atoms with van der Waals surface area (Å²) in [5.41, 5.74) is 2.01. The van der Waals surface area contributed by atoms with Crippen molar-refractivity contribution < 1.29 is 14.1 Å². The number of fused-ring (bicyclic) bond motifs is 1. The summed E-state index contributed by atoms with van der Waals surface area (Å²) in [4.78, 5) is 28.0. The van der Waals surface area contributed by atoms with Crippen molar-refractivity contribution >= 4 is 29.2 Å². The van der Waals surface area contributed by atoms with Crippen molar-refractivity contribution in [3.8, 4) is 0 Å². The van der Waals surface area contributed by atoms with E-state index in [4.69, 9.17) is 4.52 Å². The molecule has 2 aliphatic rings. The zero-order chi connectivity index (χ0) is 18.6. The number of piperidine rings is 1. The van der Waals surface area contributed by atoms with Crippen LogP contribution in [0, 0.1) is 5.92 Å². The van der Waals surface area contributed by atoms with Gasteiger partial charge < -0.3 is 14.7 Å². The summed E-state index contributed by atoms with van der Waals surface area (Å²) >= 11 is 1.62. The maximum atomic E-state index is 12.7. The smallest absolute Gasteiger partial charge is 0.317 e. The summed E-state index contributed by atoms with van der Waals surface area (Å²) in [5, 5.41) is 11.9. The van der Waals surface area contributed by atoms with Crippen molar-refractivity contribution in [2.45, 2.75) is 45.1 Å². The zero-order valence-electron chi connectivity index (χ0n) is 15.2. The van der Waals surface area contributed by atoms with E-state index in [-0.39, 0.29) is 17.9 Å². The average Bonchev–Trinajstić information content (AvgIpc) is 3.36. The molecule has 3 amide bonds. The second-order valence-corrected chi connectivity index (χ2v) is 8.19. The monoisotopic (exact) mass is 388 g/mol. The summed E-state index contributed by atoms with van der Waals surface area (Å²) in [5.74, 6) is 0.180. The Balaban J connectivity index is 1.32. The lowest BCUT2D eigenvalue weighted by Crippen LogP contribution is -2.47. The number of likely N-dealkylation sites (tertiary alicyclic amines) is 1. The van der Waals surface area contributed by atoms with Gasteiger partial charge in [-0.05, 0) is 50.0 Å². The second-order valence-electron chi connectivity index (χ2n) is 7.16. The van der Waals surface area contributed by atoms with E-state index in [0.717, 1.165) is 54.7 Å². The van der Waals surface area contributed by atoms with E-state index in [2.05, 4.69) is 15.8 Å². The third-order valence-electron chi connectivity index (χ3n) is 5.27. The number of amides is 3. The summed E-state index contributed by atoms with van der Waals surface area (Å²) in [6.45, 7) is 1.63. The molecule has 0 saturated carbocycles. The van der Waals surface area contributed by atoms with Gasteiger partial charge in [-0.25, -0.2) is 4.79 Å². The Kier molecular flexibility index (Phi) is 5.42. The molecule has 1 saturated heterocycles. The van der Waals surface area contributed by atoms with Gasteiger partial charge in [-0.2, -0.15) is 0 Å². The number of nitrogens with one attached hydrogen (secondary N) is 2. The van der Waals surface area contributed by atoms with E-state index < -0.39 is 0 Å². The minimum atomic E-state index is -0.226. The Labute approximate surface area is 162 Å². The predicted molar refractivity (Wildman–Crippen MR) is 103 cm³/mol. The highest BCUT2D eigenvalue weighted by Crippen LogP contribution is 2.28. The molecule has 1 aliphatic heterocycles. The number of rotatable bonds is 4. The predicted octanol–water partition coefficient (Wildman–Crippen LogP) is 3.18. The van der Waals surface area contributed by atoms with Crippen LogP contribution < -0.4 is 10.6 Å². The molecule has 1 aliphatic carbocycles. The Morgan fingerprint density at radius 1 is 1.30 bits per heavy atom. The molecule has 3 heterocycles. The average molecular weight is 388 g/mol. The lowest BCUT2D eigenvalue weighted by molar-refractivity contribution is -0.121. The highest BCUT2D eigenvalue weighted by atomic mass is 32.1. The van der Waals surface area contributed by atoms with Crippen LogP contribution in [0.4, 0.5) is 10.7 Å². The van der Waals surface area contributed by atoms with Crippen LogP contribution in [0.1, 0.15) is 41.8 Å². The quantitative estimate of drug-likeness (QED) is 0.842. The maximum Gasteiger partial charge on any atom is 0.317 e. The fourth-order valence-electron chi connectivity index (χ4n) is 3.77. The number of nitrogens with zero attached hydrogens (tertiary/aromatic N) is 2. The Bertz CT molecular complexity index is 802. The second kappa shape index (κ2) is 8.12. The lowest BCUT2D eigenvalue weighted by atomic mass is 9.96. The van der Waals surface area contributed by atoms with Crippen molar-refractivity contribution in [1.82, 2.24) is 15.4 Å². The molecule has 2 aromatic rings. The van der Waals surface area contributed by atoms with Crippen molar-refractivity contribution in [3.63, 3.8) is 0 Å². The van der Waals surface area contributed by atoms with Gasteiger partial charge in [-0.1, -0.05) is 11.2 Å². The first kappa shape index (κ1) is 18.0. The molecule has 1 atom stereocenters. The number of hydrogen-bond donors (Lipinski definition) is 2. The van der Waals surface area contributed by atoms with E-state index in [1.165, 1.54) is 0 Å². The van der Waals surface area contributed by atoms with Crippen LogP contribution in [0.25, 0.3) is 0 Å². The van der Waals surface area contributed by atoms with E-state index in [1.54, 1.807) is 16.2 Å². The fraction of sp³-hybridized carbons (Fsp3) is 0.526. The summed E-state index contributed by atoms with van der Waals surface area (Å²) < 4.78 is 5.36. The van der Waals surface area contributed by atoms with Gasteiger partial charge >= 0.3 is 6.03 Å². The highest BCUT2D eigenvalue weighted by molar-refractivity contribution is 7.09. The van der Waals surface area contributed by atoms with Crippen LogP contribution in [-0.2, 0) is 24.2 Å². The van der Waals surface area contributed by atoms with Gasteiger partial charge in [-0.15, -0.1) is 11.3 Å². The molecule has 144 valence electrons. The SMILES string of the molecule is O=C(Nc1onc2c1CCCC2)C1CCCN(C(=O)NCc2cccs2)C1. The molecule has 0 spiro atoms. The van der Waals surface area contributed by atoms with Gasteiger partial charge in [-0.3, -0.25) is 10.1 Å². The zero-order valence-corrected chi connectivity index (χ0v) is 16.0. The van der Waals surface area contributed by atoms with Crippen molar-refractivity contribution in [2.24, 2.45) is 5.92 Å². The number of urea groups is 1. The molecule has 1 unspecified atom stereocenters. The Hall–Kier alpha value is -2.35. The molecule has 8 heteroatoms. The third-order valence-corrected chi connectivity index (χ3v) is 6.15. The van der Waals surface area contributed by atoms with Crippen LogP contribution in [0.5, 0.6) is 0 Å². The van der Waals surface area contributed by atoms with Gasteiger partial charge in [0.1, 0.15) is 0 Å². The molecule has 0 aromatic carbocycles. The van der Waals surface area contributed by atoms with Crippen LogP contribution in [0.15, 0.2) is 22.0 Å². The molecule has 4 rings (SSSR count). The number of anilines is 1. The third kappa shape index (κ3) is 4.16. The first-order chi connectivity index (χ1) is 13.2. The molecule has 27 heavy (non-hydrogen) atoms. The number of carbonyl (C=O) groups excluding carboxylic acids is 2. The number of aryl methyl sites for hydroxylation is 1. The minimum Gasteiger partial charge on any atom is -0.338 e. The van der Waals surface area contributed by atoms with Crippen LogP contribution in [0.3, 0.4) is 0 Å². The largest absolute Gasteiger partial charge is 0.338 e. The number of hydrogen-bond acceptors (Lipinski definition) is 5. The molecule has 0 bridgehead atoms. The van der Waals surface area contributed by atoms with E-state index in [1.807, 2.05) is 17.5 Å². The highest BCUT2D eigenvalue weighted by Gasteiger charge is 2.30. The molecular weight excluding hydrogens is 364 g/mol. The molecular formula is C19H24N4O3S. The van der Waals surface area contributed by atoms with Gasteiger partial charge in [0.05, 0.1) is 18.2 Å². The molecule has 1 fully saturated rings. The standard InChI is InChI=1S/C19H24N4O3S/c24-17(21-18-15-7-1-2-8-16(15)22-26-18)13-5-3-9-23(12-13)19(25)20-11-14-6-4-10-27-14/h4,6,10,13H,1-3,5,7-9,11-12H2,(H,20,25)(H,21,24). The van der Waals surface area contributed by atoms with Gasteiger partial charge in [0.2, 0.25) is 11.8 Å². The van der Waals surface area contributed by atoms with E-state index >= 15 is 0 Å². The van der Waals surface area contributed by atoms with Crippen LogP contribution >= 0.6 is 11.3 Å². The molecule has 2 N–H and O–H groups in total. The van der Waals surface area contributed by atoms with Crippen molar-refractivity contribution in [3.05, 3.63) is 33.6 Å². The fourth-order valence-corrected chi connectivity index (χ4v) is 4.41. The van der Waals surface area contributed by atoms with Gasteiger partial charge in [0.25, 0.3) is 0 Å². The van der Waals surface area contributed by atoms with E-state index in [9.17, 15) is 9.59 Å². The number of thiophene rings is 1.